The molecule has 2 amide bonds. The molecule has 1 aliphatic rings. The molecule has 0 spiro atoms. The van der Waals surface area contributed by atoms with Crippen LogP contribution in [-0.2, 0) is 16.8 Å². The van der Waals surface area contributed by atoms with Crippen LogP contribution in [0.15, 0.2) is 36.4 Å². The number of amides is 2. The molecule has 1 fully saturated rings. The number of anilines is 2. The molecular formula is C25H32N6O3. The molecule has 1 aromatic carbocycles. The molecule has 0 saturated carbocycles. The van der Waals surface area contributed by atoms with Crippen molar-refractivity contribution in [1.29, 1.82) is 0 Å². The van der Waals surface area contributed by atoms with Crippen LogP contribution in [0.4, 0.5) is 11.6 Å². The monoisotopic (exact) mass is 464 g/mol. The third kappa shape index (κ3) is 5.04. The molecule has 180 valence electrons. The second-order valence-corrected chi connectivity index (χ2v) is 9.20. The van der Waals surface area contributed by atoms with E-state index in [4.69, 9.17) is 5.10 Å². The SMILES string of the molecule is CCc1cc2nc(NC(=O)c3ccc(C(C)(C)O)cc3)cc(N3CCCN(C(C)=O)CC3)n2n1. The highest BCUT2D eigenvalue weighted by Crippen LogP contribution is 2.24. The van der Waals surface area contributed by atoms with Crippen molar-refractivity contribution in [2.75, 3.05) is 36.4 Å². The van der Waals surface area contributed by atoms with Gasteiger partial charge in [-0.3, -0.25) is 9.59 Å². The molecule has 0 atom stereocenters. The van der Waals surface area contributed by atoms with Crippen LogP contribution < -0.4 is 10.2 Å². The number of aliphatic hydroxyl groups is 1. The van der Waals surface area contributed by atoms with Crippen LogP contribution in [0, 0.1) is 0 Å². The minimum Gasteiger partial charge on any atom is -0.386 e. The minimum absolute atomic E-state index is 0.0811. The molecule has 4 rings (SSSR count). The molecule has 0 bridgehead atoms. The predicted octanol–water partition coefficient (Wildman–Crippen LogP) is 2.83. The van der Waals surface area contributed by atoms with Crippen LogP contribution in [0.3, 0.4) is 0 Å². The van der Waals surface area contributed by atoms with Gasteiger partial charge in [0.1, 0.15) is 11.6 Å². The average molecular weight is 465 g/mol. The van der Waals surface area contributed by atoms with Crippen molar-refractivity contribution in [2.45, 2.75) is 46.1 Å². The van der Waals surface area contributed by atoms with Crippen molar-refractivity contribution in [3.8, 4) is 0 Å². The van der Waals surface area contributed by atoms with E-state index in [2.05, 4.69) is 15.2 Å². The van der Waals surface area contributed by atoms with Crippen molar-refractivity contribution in [3.05, 3.63) is 53.2 Å². The molecular weight excluding hydrogens is 432 g/mol. The normalized spacial score (nSPS) is 14.9. The maximum atomic E-state index is 12.9. The van der Waals surface area contributed by atoms with Crippen molar-refractivity contribution in [3.63, 3.8) is 0 Å². The number of aromatic nitrogens is 3. The Bertz CT molecular complexity index is 1200. The number of aryl methyl sites for hydroxylation is 1. The van der Waals surface area contributed by atoms with E-state index in [1.54, 1.807) is 45.0 Å². The molecule has 9 nitrogen and oxygen atoms in total. The fourth-order valence-electron chi connectivity index (χ4n) is 4.15. The average Bonchev–Trinajstić information content (AvgIpc) is 3.05. The Morgan fingerprint density at radius 3 is 2.47 bits per heavy atom. The second kappa shape index (κ2) is 9.42. The summed E-state index contributed by atoms with van der Waals surface area (Å²) < 4.78 is 1.82. The summed E-state index contributed by atoms with van der Waals surface area (Å²) in [6.07, 6.45) is 1.62. The Balaban J connectivity index is 1.63. The van der Waals surface area contributed by atoms with Gasteiger partial charge in [0.15, 0.2) is 5.65 Å². The Hall–Kier alpha value is -3.46. The van der Waals surface area contributed by atoms with Crippen LogP contribution in [0.1, 0.15) is 55.7 Å². The highest BCUT2D eigenvalue weighted by atomic mass is 16.3. The number of carbonyl (C=O) groups excluding carboxylic acids is 2. The maximum absolute atomic E-state index is 12.9. The number of hydrogen-bond acceptors (Lipinski definition) is 6. The van der Waals surface area contributed by atoms with E-state index in [0.29, 0.717) is 30.1 Å². The van der Waals surface area contributed by atoms with Crippen molar-refractivity contribution in [1.82, 2.24) is 19.5 Å². The summed E-state index contributed by atoms with van der Waals surface area (Å²) in [5.41, 5.74) is 1.82. The summed E-state index contributed by atoms with van der Waals surface area (Å²) in [5.74, 6) is 1.08. The quantitative estimate of drug-likeness (QED) is 0.602. The summed E-state index contributed by atoms with van der Waals surface area (Å²) in [6, 6.07) is 10.7. The molecule has 2 aromatic heterocycles. The number of hydrogen-bond donors (Lipinski definition) is 2. The van der Waals surface area contributed by atoms with Gasteiger partial charge in [-0.05, 0) is 44.4 Å². The first-order valence-electron chi connectivity index (χ1n) is 11.7. The third-order valence-electron chi connectivity index (χ3n) is 6.18. The number of nitrogens with one attached hydrogen (secondary N) is 1. The Kier molecular flexibility index (Phi) is 6.56. The number of fused-ring (bicyclic) bond motifs is 1. The van der Waals surface area contributed by atoms with Crippen LogP contribution in [0.5, 0.6) is 0 Å². The topological polar surface area (TPSA) is 103 Å². The molecule has 1 saturated heterocycles. The maximum Gasteiger partial charge on any atom is 0.256 e. The van der Waals surface area contributed by atoms with E-state index in [-0.39, 0.29) is 11.8 Å². The highest BCUT2D eigenvalue weighted by Gasteiger charge is 2.21. The van der Waals surface area contributed by atoms with Crippen LogP contribution in [-0.4, -0.2) is 62.6 Å². The number of rotatable bonds is 5. The fourth-order valence-corrected chi connectivity index (χ4v) is 4.15. The molecule has 3 heterocycles. The van der Waals surface area contributed by atoms with Crippen LogP contribution in [0.2, 0.25) is 0 Å². The van der Waals surface area contributed by atoms with E-state index < -0.39 is 5.60 Å². The molecule has 3 aromatic rings. The van der Waals surface area contributed by atoms with Crippen LogP contribution >= 0.6 is 0 Å². The van der Waals surface area contributed by atoms with Gasteiger partial charge in [-0.15, -0.1) is 0 Å². The summed E-state index contributed by atoms with van der Waals surface area (Å²) in [4.78, 5) is 33.5. The van der Waals surface area contributed by atoms with Gasteiger partial charge in [0.05, 0.1) is 11.3 Å². The fraction of sp³-hybridized carbons (Fsp3) is 0.440. The number of nitrogens with zero attached hydrogens (tertiary/aromatic N) is 5. The Labute approximate surface area is 199 Å². The first kappa shape index (κ1) is 23.7. The first-order chi connectivity index (χ1) is 16.2. The number of benzene rings is 1. The predicted molar refractivity (Wildman–Crippen MR) is 131 cm³/mol. The molecule has 0 unspecified atom stereocenters. The zero-order valence-corrected chi connectivity index (χ0v) is 20.2. The van der Waals surface area contributed by atoms with Gasteiger partial charge in [0, 0.05) is 50.8 Å². The second-order valence-electron chi connectivity index (χ2n) is 9.20. The van der Waals surface area contributed by atoms with Gasteiger partial charge in [0.2, 0.25) is 5.91 Å². The highest BCUT2D eigenvalue weighted by molar-refractivity contribution is 6.04. The lowest BCUT2D eigenvalue weighted by Crippen LogP contribution is -2.34. The molecule has 0 aliphatic carbocycles. The standard InChI is InChI=1S/C25H32N6O3/c1-5-20-15-22-26-21(27-24(33)18-7-9-19(10-8-18)25(3,4)34)16-23(31(22)28-20)30-12-6-11-29(13-14-30)17(2)32/h7-10,15-16,34H,5-6,11-14H2,1-4H3,(H,26,27,33). The van der Waals surface area contributed by atoms with Gasteiger partial charge in [-0.1, -0.05) is 19.1 Å². The Morgan fingerprint density at radius 2 is 1.82 bits per heavy atom. The Morgan fingerprint density at radius 1 is 1.09 bits per heavy atom. The van der Waals surface area contributed by atoms with E-state index >= 15 is 0 Å². The van der Waals surface area contributed by atoms with Gasteiger partial charge in [-0.2, -0.15) is 9.61 Å². The molecule has 34 heavy (non-hydrogen) atoms. The largest absolute Gasteiger partial charge is 0.386 e. The first-order valence-corrected chi connectivity index (χ1v) is 11.7. The smallest absolute Gasteiger partial charge is 0.256 e. The molecule has 9 heteroatoms. The zero-order valence-electron chi connectivity index (χ0n) is 20.2. The van der Waals surface area contributed by atoms with Gasteiger partial charge in [-0.25, -0.2) is 4.98 Å². The van der Waals surface area contributed by atoms with Crippen molar-refractivity contribution < 1.29 is 14.7 Å². The van der Waals surface area contributed by atoms with Crippen molar-refractivity contribution >= 4 is 29.1 Å². The number of carbonyl (C=O) groups is 2. The summed E-state index contributed by atoms with van der Waals surface area (Å²) in [5, 5.41) is 17.8. The zero-order chi connectivity index (χ0) is 24.5. The van der Waals surface area contributed by atoms with E-state index in [1.807, 2.05) is 28.5 Å². The van der Waals surface area contributed by atoms with Gasteiger partial charge < -0.3 is 20.2 Å². The summed E-state index contributed by atoms with van der Waals surface area (Å²) >= 11 is 0. The summed E-state index contributed by atoms with van der Waals surface area (Å²) in [7, 11) is 0. The van der Waals surface area contributed by atoms with Crippen molar-refractivity contribution in [2.24, 2.45) is 0 Å². The van der Waals surface area contributed by atoms with Gasteiger partial charge in [0.25, 0.3) is 5.91 Å². The summed E-state index contributed by atoms with van der Waals surface area (Å²) in [6.45, 7) is 9.86. The lowest BCUT2D eigenvalue weighted by Gasteiger charge is -2.24. The molecule has 1 aliphatic heterocycles. The van der Waals surface area contributed by atoms with E-state index in [1.165, 1.54) is 0 Å². The minimum atomic E-state index is -0.972. The third-order valence-corrected chi connectivity index (χ3v) is 6.18. The van der Waals surface area contributed by atoms with Gasteiger partial charge >= 0.3 is 0 Å². The van der Waals surface area contributed by atoms with E-state index in [0.717, 1.165) is 43.0 Å². The molecule has 0 radical (unpaired) electrons. The molecule has 2 N–H and O–H groups in total. The lowest BCUT2D eigenvalue weighted by atomic mass is 9.97. The van der Waals surface area contributed by atoms with E-state index in [9.17, 15) is 14.7 Å². The van der Waals surface area contributed by atoms with Crippen LogP contribution in [0.25, 0.3) is 5.65 Å². The lowest BCUT2D eigenvalue weighted by molar-refractivity contribution is -0.128.